The number of aryl methyl sites for hydroxylation is 1. The minimum atomic E-state index is -0.745. The second-order valence-corrected chi connectivity index (χ2v) is 5.51. The van der Waals surface area contributed by atoms with Gasteiger partial charge >= 0.3 is 5.97 Å². The summed E-state index contributed by atoms with van der Waals surface area (Å²) in [5.41, 5.74) is 2.05. The number of benzene rings is 1. The summed E-state index contributed by atoms with van der Waals surface area (Å²) in [5.74, 6) is -0.687. The van der Waals surface area contributed by atoms with Crippen molar-refractivity contribution in [2.75, 3.05) is 18.9 Å². The molecule has 0 saturated heterocycles. The number of allylic oxidation sites excluding steroid dienone is 1. The van der Waals surface area contributed by atoms with Gasteiger partial charge in [0.15, 0.2) is 0 Å². The van der Waals surface area contributed by atoms with Gasteiger partial charge in [0.25, 0.3) is 0 Å². The summed E-state index contributed by atoms with van der Waals surface area (Å²) >= 11 is 0. The summed E-state index contributed by atoms with van der Waals surface area (Å²) in [7, 11) is 1.90. The molecule has 27 heavy (non-hydrogen) atoms. The number of rotatable bonds is 9. The molecule has 0 saturated carbocycles. The van der Waals surface area contributed by atoms with E-state index in [1.165, 1.54) is 5.56 Å². The summed E-state index contributed by atoms with van der Waals surface area (Å²) < 4.78 is 0. The van der Waals surface area contributed by atoms with Crippen molar-refractivity contribution in [3.8, 4) is 0 Å². The van der Waals surface area contributed by atoms with E-state index in [1.54, 1.807) is 6.92 Å². The Bertz CT molecular complexity index is 528. The number of likely N-dealkylation sites (N-methyl/N-ethyl adjacent to an activating group) is 1. The standard InChI is InChI=1S/C16H25N3O.C3H6O2.C2H6/c1-4-6-15(17-3)18-12-5-7-16(20)19-14-10-8-13(2)9-11-14;1-2-3(4)5;1-2/h4,6,8-11,15,17-18H,5,7,12H2,1-3H3,(H,19,20);2H2,1H3,(H,4,5);1-2H3/b6-4-;;. The third kappa shape index (κ3) is 17.0. The van der Waals surface area contributed by atoms with Crippen LogP contribution in [0.2, 0.25) is 0 Å². The molecule has 0 aromatic heterocycles. The summed E-state index contributed by atoms with van der Waals surface area (Å²) in [6.07, 6.45) is 5.77. The number of aliphatic carboxylic acids is 1. The van der Waals surface area contributed by atoms with E-state index in [1.807, 2.05) is 71.2 Å². The fourth-order valence-corrected chi connectivity index (χ4v) is 1.83. The highest BCUT2D eigenvalue weighted by atomic mass is 16.4. The van der Waals surface area contributed by atoms with Crippen molar-refractivity contribution in [2.45, 2.75) is 60.0 Å². The Morgan fingerprint density at radius 1 is 1.19 bits per heavy atom. The third-order valence-corrected chi connectivity index (χ3v) is 3.28. The Morgan fingerprint density at radius 3 is 2.19 bits per heavy atom. The molecule has 1 rings (SSSR count). The van der Waals surface area contributed by atoms with Crippen LogP contribution in [0.4, 0.5) is 5.69 Å². The predicted octanol–water partition coefficient (Wildman–Crippen LogP) is 3.93. The van der Waals surface area contributed by atoms with Crippen LogP contribution in [-0.2, 0) is 9.59 Å². The highest BCUT2D eigenvalue weighted by molar-refractivity contribution is 5.90. The van der Waals surface area contributed by atoms with Crippen LogP contribution in [0.15, 0.2) is 36.4 Å². The number of carbonyl (C=O) groups is 2. The van der Waals surface area contributed by atoms with Gasteiger partial charge in [0.2, 0.25) is 5.91 Å². The molecule has 0 radical (unpaired) electrons. The molecule has 0 fully saturated rings. The van der Waals surface area contributed by atoms with Gasteiger partial charge in [-0.05, 0) is 46.0 Å². The van der Waals surface area contributed by atoms with E-state index in [-0.39, 0.29) is 18.5 Å². The largest absolute Gasteiger partial charge is 0.481 e. The summed E-state index contributed by atoms with van der Waals surface area (Å²) in [5, 5.41) is 17.1. The lowest BCUT2D eigenvalue weighted by molar-refractivity contribution is -0.136. The Labute approximate surface area is 164 Å². The maximum Gasteiger partial charge on any atom is 0.303 e. The minimum Gasteiger partial charge on any atom is -0.481 e. The number of anilines is 1. The first-order valence-corrected chi connectivity index (χ1v) is 9.54. The molecule has 0 aliphatic carbocycles. The van der Waals surface area contributed by atoms with E-state index >= 15 is 0 Å². The minimum absolute atomic E-state index is 0.0581. The van der Waals surface area contributed by atoms with Gasteiger partial charge in [-0.25, -0.2) is 0 Å². The molecule has 0 spiro atoms. The van der Waals surface area contributed by atoms with Gasteiger partial charge in [-0.1, -0.05) is 50.6 Å². The molecule has 6 heteroatoms. The number of carboxylic acids is 1. The van der Waals surface area contributed by atoms with Crippen molar-refractivity contribution < 1.29 is 14.7 Å². The van der Waals surface area contributed by atoms with Crippen LogP contribution in [0, 0.1) is 6.92 Å². The summed E-state index contributed by atoms with van der Waals surface area (Å²) in [6, 6.07) is 7.83. The van der Waals surface area contributed by atoms with Crippen molar-refractivity contribution >= 4 is 17.6 Å². The van der Waals surface area contributed by atoms with Crippen molar-refractivity contribution in [1.29, 1.82) is 0 Å². The Kier molecular flexibility index (Phi) is 18.6. The average molecular weight is 380 g/mol. The monoisotopic (exact) mass is 379 g/mol. The van der Waals surface area contributed by atoms with Gasteiger partial charge in [-0.2, -0.15) is 0 Å². The lowest BCUT2D eigenvalue weighted by Gasteiger charge is -2.13. The number of hydrogen-bond acceptors (Lipinski definition) is 4. The second kappa shape index (κ2) is 18.6. The van der Waals surface area contributed by atoms with E-state index in [0.717, 1.165) is 18.7 Å². The van der Waals surface area contributed by atoms with Crippen LogP contribution in [0.1, 0.15) is 52.5 Å². The molecular weight excluding hydrogens is 342 g/mol. The van der Waals surface area contributed by atoms with Crippen molar-refractivity contribution in [2.24, 2.45) is 0 Å². The van der Waals surface area contributed by atoms with Gasteiger partial charge in [0.05, 0.1) is 6.17 Å². The topological polar surface area (TPSA) is 90.5 Å². The molecule has 1 unspecified atom stereocenters. The van der Waals surface area contributed by atoms with Crippen LogP contribution < -0.4 is 16.0 Å². The van der Waals surface area contributed by atoms with Crippen molar-refractivity contribution in [3.63, 3.8) is 0 Å². The zero-order chi connectivity index (χ0) is 21.1. The van der Waals surface area contributed by atoms with E-state index in [4.69, 9.17) is 5.11 Å². The third-order valence-electron chi connectivity index (χ3n) is 3.28. The molecule has 1 aromatic carbocycles. The number of carbonyl (C=O) groups excluding carboxylic acids is 1. The number of hydrogen-bond donors (Lipinski definition) is 4. The van der Waals surface area contributed by atoms with Crippen LogP contribution >= 0.6 is 0 Å². The van der Waals surface area contributed by atoms with Gasteiger partial charge in [-0.3, -0.25) is 14.9 Å². The average Bonchev–Trinajstić information content (AvgIpc) is 2.68. The lowest BCUT2D eigenvalue weighted by Crippen LogP contribution is -2.39. The fourth-order valence-electron chi connectivity index (χ4n) is 1.83. The molecule has 0 aliphatic rings. The number of amides is 1. The molecule has 0 heterocycles. The van der Waals surface area contributed by atoms with Gasteiger partial charge in [0, 0.05) is 18.5 Å². The smallest absolute Gasteiger partial charge is 0.303 e. The molecule has 0 aliphatic heterocycles. The van der Waals surface area contributed by atoms with Crippen molar-refractivity contribution in [3.05, 3.63) is 42.0 Å². The number of nitrogens with one attached hydrogen (secondary N) is 3. The van der Waals surface area contributed by atoms with Gasteiger partial charge in [-0.15, -0.1) is 0 Å². The molecule has 1 atom stereocenters. The van der Waals surface area contributed by atoms with E-state index < -0.39 is 5.97 Å². The quantitative estimate of drug-likeness (QED) is 0.296. The zero-order valence-electron chi connectivity index (χ0n) is 17.6. The normalized spacial score (nSPS) is 10.9. The van der Waals surface area contributed by atoms with Crippen molar-refractivity contribution in [1.82, 2.24) is 10.6 Å². The Morgan fingerprint density at radius 2 is 1.74 bits per heavy atom. The maximum atomic E-state index is 11.8. The molecule has 154 valence electrons. The first-order valence-electron chi connectivity index (χ1n) is 9.54. The Balaban J connectivity index is 0. The predicted molar refractivity (Wildman–Crippen MR) is 114 cm³/mol. The maximum absolute atomic E-state index is 11.8. The first kappa shape index (κ1) is 27.0. The highest BCUT2D eigenvalue weighted by Crippen LogP contribution is 2.09. The lowest BCUT2D eigenvalue weighted by atomic mass is 10.2. The Hall–Kier alpha value is -2.18. The van der Waals surface area contributed by atoms with E-state index in [2.05, 4.69) is 16.0 Å². The number of carboxylic acid groups (broad SMARTS) is 1. The van der Waals surface area contributed by atoms with E-state index in [0.29, 0.717) is 6.42 Å². The van der Waals surface area contributed by atoms with E-state index in [9.17, 15) is 9.59 Å². The van der Waals surface area contributed by atoms with Gasteiger partial charge in [0.1, 0.15) is 0 Å². The van der Waals surface area contributed by atoms with Crippen LogP contribution in [0.25, 0.3) is 0 Å². The molecule has 0 bridgehead atoms. The summed E-state index contributed by atoms with van der Waals surface area (Å²) in [6.45, 7) is 10.4. The summed E-state index contributed by atoms with van der Waals surface area (Å²) in [4.78, 5) is 21.1. The molecule has 6 nitrogen and oxygen atoms in total. The highest BCUT2D eigenvalue weighted by Gasteiger charge is 2.03. The van der Waals surface area contributed by atoms with Crippen LogP contribution in [0.5, 0.6) is 0 Å². The molecule has 1 amide bonds. The first-order chi connectivity index (χ1) is 12.9. The SMILES string of the molecule is C/C=C\C(NC)NCCCC(=O)Nc1ccc(C)cc1.CC.CCC(=O)O. The fraction of sp³-hybridized carbons (Fsp3) is 0.524. The van der Waals surface area contributed by atoms with Crippen LogP contribution in [-0.4, -0.2) is 36.7 Å². The zero-order valence-corrected chi connectivity index (χ0v) is 17.6. The van der Waals surface area contributed by atoms with Gasteiger partial charge < -0.3 is 15.7 Å². The molecule has 4 N–H and O–H groups in total. The molecular formula is C21H37N3O3. The molecule has 1 aromatic rings. The van der Waals surface area contributed by atoms with Crippen LogP contribution in [0.3, 0.4) is 0 Å². The second-order valence-electron chi connectivity index (χ2n) is 5.51.